The lowest BCUT2D eigenvalue weighted by atomic mass is 9.88. The topological polar surface area (TPSA) is 39.4 Å². The Labute approximate surface area is 170 Å². The highest BCUT2D eigenvalue weighted by atomic mass is 16.5. The van der Waals surface area contributed by atoms with Crippen LogP contribution >= 0.6 is 0 Å². The maximum absolute atomic E-state index is 12.8. The molecule has 0 N–H and O–H groups in total. The lowest BCUT2D eigenvalue weighted by molar-refractivity contribution is 0.167. The fourth-order valence-corrected chi connectivity index (χ4v) is 5.85. The van der Waals surface area contributed by atoms with Gasteiger partial charge >= 0.3 is 5.69 Å². The zero-order valence-corrected chi connectivity index (χ0v) is 16.9. The van der Waals surface area contributed by atoms with E-state index in [2.05, 4.69) is 45.9 Å². The molecule has 1 fully saturated rings. The molecule has 1 saturated heterocycles. The number of hydrogen-bond acceptors (Lipinski definition) is 3. The van der Waals surface area contributed by atoms with Crippen molar-refractivity contribution >= 4 is 11.0 Å². The van der Waals surface area contributed by atoms with E-state index in [0.717, 1.165) is 63.2 Å². The minimum Gasteiger partial charge on any atom is -0.493 e. The summed E-state index contributed by atoms with van der Waals surface area (Å²) in [6.45, 7) is 4.06. The van der Waals surface area contributed by atoms with Crippen molar-refractivity contribution < 1.29 is 4.74 Å². The summed E-state index contributed by atoms with van der Waals surface area (Å²) < 4.78 is 9.75. The molecular weight excluding hydrogens is 362 g/mol. The molecule has 5 heteroatoms. The maximum Gasteiger partial charge on any atom is 0.329 e. The van der Waals surface area contributed by atoms with Crippen molar-refractivity contribution in [3.63, 3.8) is 0 Å². The number of aromatic nitrogens is 2. The third-order valence-electron chi connectivity index (χ3n) is 7.25. The quantitative estimate of drug-likeness (QED) is 0.688. The van der Waals surface area contributed by atoms with Crippen molar-refractivity contribution in [3.05, 3.63) is 63.6 Å². The zero-order valence-electron chi connectivity index (χ0n) is 16.9. The Balaban J connectivity index is 1.17. The first-order valence-corrected chi connectivity index (χ1v) is 10.9. The van der Waals surface area contributed by atoms with E-state index in [1.54, 1.807) is 0 Å². The second-order valence-electron chi connectivity index (χ2n) is 8.80. The zero-order chi connectivity index (χ0) is 19.5. The van der Waals surface area contributed by atoms with Crippen molar-refractivity contribution in [2.45, 2.75) is 37.6 Å². The highest BCUT2D eigenvalue weighted by Crippen LogP contribution is 2.45. The number of nitrogens with zero attached hydrogens (tertiary/aromatic N) is 3. The predicted molar refractivity (Wildman–Crippen MR) is 114 cm³/mol. The van der Waals surface area contributed by atoms with E-state index in [1.807, 2.05) is 11.6 Å². The molecule has 3 aromatic rings. The van der Waals surface area contributed by atoms with Crippen LogP contribution in [0.25, 0.3) is 11.0 Å². The minimum absolute atomic E-state index is 0.145. The minimum atomic E-state index is 0.145. The van der Waals surface area contributed by atoms with E-state index < -0.39 is 0 Å². The Kier molecular flexibility index (Phi) is 3.88. The molecule has 1 aromatic heterocycles. The van der Waals surface area contributed by atoms with Gasteiger partial charge in [-0.15, -0.1) is 0 Å². The molecule has 0 spiro atoms. The summed E-state index contributed by atoms with van der Waals surface area (Å²) in [5, 5.41) is 0. The average molecular weight is 389 g/mol. The van der Waals surface area contributed by atoms with Crippen LogP contribution in [0.3, 0.4) is 0 Å². The van der Waals surface area contributed by atoms with Gasteiger partial charge in [0, 0.05) is 38.5 Å². The Morgan fingerprint density at radius 1 is 1.17 bits per heavy atom. The molecule has 4 heterocycles. The van der Waals surface area contributed by atoms with Crippen molar-refractivity contribution in [3.8, 4) is 5.75 Å². The molecule has 5 nitrogen and oxygen atoms in total. The van der Waals surface area contributed by atoms with E-state index in [1.165, 1.54) is 22.2 Å². The average Bonchev–Trinajstić information content (AvgIpc) is 3.41. The van der Waals surface area contributed by atoms with Gasteiger partial charge in [0.25, 0.3) is 0 Å². The summed E-state index contributed by atoms with van der Waals surface area (Å²) in [6, 6.07) is 13.3. The van der Waals surface area contributed by atoms with Crippen LogP contribution in [-0.4, -0.2) is 40.3 Å². The number of piperidine rings is 1. The molecule has 0 saturated carbocycles. The number of rotatable bonds is 4. The molecule has 3 aliphatic heterocycles. The van der Waals surface area contributed by atoms with Crippen molar-refractivity contribution in [1.29, 1.82) is 0 Å². The monoisotopic (exact) mass is 389 g/mol. The van der Waals surface area contributed by atoms with Gasteiger partial charge in [-0.1, -0.05) is 30.3 Å². The number of para-hydroxylation sites is 2. The Hall–Kier alpha value is -2.53. The number of hydrogen-bond donors (Lipinski definition) is 0. The molecule has 0 unspecified atom stereocenters. The Morgan fingerprint density at radius 2 is 2.07 bits per heavy atom. The first-order chi connectivity index (χ1) is 14.2. The van der Waals surface area contributed by atoms with Crippen LogP contribution in [0.4, 0.5) is 0 Å². The lowest BCUT2D eigenvalue weighted by Gasteiger charge is -2.36. The van der Waals surface area contributed by atoms with Crippen LogP contribution in [-0.2, 0) is 19.9 Å². The SMILES string of the molecule is Cn1c(=O)n2c3c(cccc31)[C@@H]1CN(CCCc3cccc4c3OCC4)CC[C@@H]12. The van der Waals surface area contributed by atoms with Crippen molar-refractivity contribution in [2.24, 2.45) is 7.05 Å². The van der Waals surface area contributed by atoms with Crippen LogP contribution in [0.1, 0.15) is 41.5 Å². The van der Waals surface area contributed by atoms with Gasteiger partial charge in [-0.25, -0.2) is 4.79 Å². The molecule has 0 amide bonds. The molecule has 3 aliphatic rings. The molecule has 2 atom stereocenters. The molecule has 0 aliphatic carbocycles. The largest absolute Gasteiger partial charge is 0.493 e. The Morgan fingerprint density at radius 3 is 3.00 bits per heavy atom. The second-order valence-corrected chi connectivity index (χ2v) is 8.80. The van der Waals surface area contributed by atoms with Crippen molar-refractivity contribution in [1.82, 2.24) is 14.0 Å². The molecule has 29 heavy (non-hydrogen) atoms. The molecule has 6 rings (SSSR count). The van der Waals surface area contributed by atoms with E-state index in [9.17, 15) is 4.79 Å². The standard InChI is InChI=1S/C24H27N3O2/c1-25-21-9-3-8-18-19-15-26(13-10-20(19)27(22(18)21)24(25)28)12-4-7-16-5-2-6-17-11-14-29-23(16)17/h2-3,5-6,8-9,19-20H,4,7,10-15H2,1H3/t19-,20-/m0/s1. The van der Waals surface area contributed by atoms with E-state index in [0.29, 0.717) is 12.0 Å². The van der Waals surface area contributed by atoms with Crippen LogP contribution in [0.2, 0.25) is 0 Å². The van der Waals surface area contributed by atoms with Gasteiger partial charge in [-0.3, -0.25) is 9.13 Å². The van der Waals surface area contributed by atoms with Crippen molar-refractivity contribution in [2.75, 3.05) is 26.2 Å². The normalized spacial score (nSPS) is 22.7. The summed E-state index contributed by atoms with van der Waals surface area (Å²) in [6.07, 6.45) is 4.33. The molecule has 0 bridgehead atoms. The number of fused-ring (bicyclic) bond motifs is 4. The fourth-order valence-electron chi connectivity index (χ4n) is 5.85. The number of likely N-dealkylation sites (tertiary alicyclic amines) is 1. The van der Waals surface area contributed by atoms with Crippen LogP contribution < -0.4 is 10.4 Å². The number of ether oxygens (including phenoxy) is 1. The fraction of sp³-hybridized carbons (Fsp3) is 0.458. The smallest absolute Gasteiger partial charge is 0.329 e. The highest BCUT2D eigenvalue weighted by molar-refractivity contribution is 5.82. The van der Waals surface area contributed by atoms with Gasteiger partial charge in [-0.2, -0.15) is 0 Å². The van der Waals surface area contributed by atoms with Crippen LogP contribution in [0.15, 0.2) is 41.2 Å². The van der Waals surface area contributed by atoms with Gasteiger partial charge < -0.3 is 9.64 Å². The summed E-state index contributed by atoms with van der Waals surface area (Å²) in [4.78, 5) is 15.4. The number of imidazole rings is 1. The molecule has 2 aromatic carbocycles. The van der Waals surface area contributed by atoms with Crippen LogP contribution in [0, 0.1) is 0 Å². The van der Waals surface area contributed by atoms with Gasteiger partial charge in [0.2, 0.25) is 0 Å². The second kappa shape index (κ2) is 6.49. The van der Waals surface area contributed by atoms with E-state index >= 15 is 0 Å². The molecule has 150 valence electrons. The first kappa shape index (κ1) is 17.3. The van der Waals surface area contributed by atoms with Gasteiger partial charge in [0.15, 0.2) is 0 Å². The van der Waals surface area contributed by atoms with E-state index in [4.69, 9.17) is 4.74 Å². The highest BCUT2D eigenvalue weighted by Gasteiger charge is 2.40. The number of benzene rings is 2. The van der Waals surface area contributed by atoms with Crippen LogP contribution in [0.5, 0.6) is 5.75 Å². The summed E-state index contributed by atoms with van der Waals surface area (Å²) in [5.41, 5.74) is 6.49. The van der Waals surface area contributed by atoms with Gasteiger partial charge in [-0.05, 0) is 48.6 Å². The summed E-state index contributed by atoms with van der Waals surface area (Å²) in [5.74, 6) is 1.59. The first-order valence-electron chi connectivity index (χ1n) is 10.9. The van der Waals surface area contributed by atoms with Gasteiger partial charge in [0.05, 0.1) is 17.6 Å². The summed E-state index contributed by atoms with van der Waals surface area (Å²) >= 11 is 0. The summed E-state index contributed by atoms with van der Waals surface area (Å²) in [7, 11) is 1.89. The Bertz CT molecular complexity index is 1160. The lowest BCUT2D eigenvalue weighted by Crippen LogP contribution is -2.40. The third-order valence-corrected chi connectivity index (χ3v) is 7.25. The molecule has 0 radical (unpaired) electrons. The molecular formula is C24H27N3O2. The third kappa shape index (κ3) is 2.53. The maximum atomic E-state index is 12.8. The number of aryl methyl sites for hydroxylation is 2. The van der Waals surface area contributed by atoms with Gasteiger partial charge in [0.1, 0.15) is 5.75 Å². The van der Waals surface area contributed by atoms with E-state index in [-0.39, 0.29) is 5.69 Å². The predicted octanol–water partition coefficient (Wildman–Crippen LogP) is 3.25.